The Bertz CT molecular complexity index is 1290. The molecule has 4 heteroatoms. The summed E-state index contributed by atoms with van der Waals surface area (Å²) in [5, 5.41) is 9.92. The summed E-state index contributed by atoms with van der Waals surface area (Å²) in [5.41, 5.74) is 9.58. The summed E-state index contributed by atoms with van der Waals surface area (Å²) in [6.07, 6.45) is 6.97. The highest BCUT2D eigenvalue weighted by molar-refractivity contribution is 6.16. The van der Waals surface area contributed by atoms with E-state index in [0.29, 0.717) is 18.9 Å². The van der Waals surface area contributed by atoms with Gasteiger partial charge < -0.3 is 5.11 Å². The molecule has 0 bridgehead atoms. The van der Waals surface area contributed by atoms with Crippen LogP contribution >= 0.6 is 0 Å². The fraction of sp³-hybridized carbons (Fsp3) is 0.250. The number of benzene rings is 2. The van der Waals surface area contributed by atoms with Crippen molar-refractivity contribution in [3.63, 3.8) is 0 Å². The summed E-state index contributed by atoms with van der Waals surface area (Å²) >= 11 is 0. The molecule has 32 heavy (non-hydrogen) atoms. The van der Waals surface area contributed by atoms with Crippen molar-refractivity contribution in [2.45, 2.75) is 37.6 Å². The highest BCUT2D eigenvalue weighted by atomic mass is 16.3. The van der Waals surface area contributed by atoms with Gasteiger partial charge in [0.15, 0.2) is 5.78 Å². The summed E-state index contributed by atoms with van der Waals surface area (Å²) in [6.45, 7) is 0.487. The number of aliphatic hydroxyl groups is 1. The molecule has 0 spiro atoms. The zero-order valence-electron chi connectivity index (χ0n) is 17.8. The molecule has 1 aliphatic heterocycles. The van der Waals surface area contributed by atoms with E-state index in [2.05, 4.69) is 23.2 Å². The first-order valence-corrected chi connectivity index (χ1v) is 11.3. The summed E-state index contributed by atoms with van der Waals surface area (Å²) < 4.78 is 0. The number of carbonyl (C=O) groups excluding carboxylic acids is 1. The topological polar surface area (TPSA) is 62.5 Å². The first-order chi connectivity index (χ1) is 15.7. The molecule has 158 valence electrons. The molecule has 0 saturated heterocycles. The molecular formula is C28H24N2O2. The highest BCUT2D eigenvalue weighted by Gasteiger charge is 2.29. The lowest BCUT2D eigenvalue weighted by atomic mass is 9.90. The molecule has 1 N–H and O–H groups in total. The molecule has 3 aromatic rings. The molecule has 2 aliphatic carbocycles. The lowest BCUT2D eigenvalue weighted by molar-refractivity contribution is -0.117. The van der Waals surface area contributed by atoms with Gasteiger partial charge in [0.2, 0.25) is 0 Å². The third kappa shape index (κ3) is 3.32. The fourth-order valence-corrected chi connectivity index (χ4v) is 4.90. The molecule has 0 unspecified atom stereocenters. The Morgan fingerprint density at radius 1 is 1.06 bits per heavy atom. The van der Waals surface area contributed by atoms with Gasteiger partial charge in [0.25, 0.3) is 0 Å². The second kappa shape index (κ2) is 7.64. The van der Waals surface area contributed by atoms with E-state index in [1.165, 1.54) is 29.7 Å². The van der Waals surface area contributed by atoms with E-state index >= 15 is 0 Å². The largest absolute Gasteiger partial charge is 0.395 e. The second-order valence-electron chi connectivity index (χ2n) is 8.97. The van der Waals surface area contributed by atoms with Crippen LogP contribution in [0.2, 0.25) is 0 Å². The Labute approximate surface area is 187 Å². The number of hydrogen-bond donors (Lipinski definition) is 1. The van der Waals surface area contributed by atoms with Crippen molar-refractivity contribution in [2.24, 2.45) is 4.99 Å². The van der Waals surface area contributed by atoms with Crippen LogP contribution in [-0.4, -0.2) is 28.2 Å². The minimum absolute atomic E-state index is 0.00663. The normalized spacial score (nSPS) is 17.4. The molecule has 1 atom stereocenters. The Morgan fingerprint density at radius 3 is 2.69 bits per heavy atom. The van der Waals surface area contributed by atoms with Crippen molar-refractivity contribution in [3.05, 3.63) is 105 Å². The SMILES string of the molecule is O=C(C1=Cc2cc3c(cc2C1)CN=C3c1ccnc(C2CC2)c1)[C@H](CO)c1ccccc1. The Balaban J connectivity index is 1.30. The average Bonchev–Trinajstić information content (AvgIpc) is 3.48. The van der Waals surface area contributed by atoms with Crippen LogP contribution in [0.5, 0.6) is 0 Å². The Morgan fingerprint density at radius 2 is 1.91 bits per heavy atom. The van der Waals surface area contributed by atoms with Crippen molar-refractivity contribution >= 4 is 17.6 Å². The number of allylic oxidation sites excluding steroid dienone is 1. The highest BCUT2D eigenvalue weighted by Crippen LogP contribution is 2.40. The molecule has 2 heterocycles. The quantitative estimate of drug-likeness (QED) is 0.634. The Kier molecular flexibility index (Phi) is 4.62. The summed E-state index contributed by atoms with van der Waals surface area (Å²) in [4.78, 5) is 22.6. The molecule has 0 radical (unpaired) electrons. The number of carbonyl (C=O) groups is 1. The maximum Gasteiger partial charge on any atom is 0.168 e. The van der Waals surface area contributed by atoms with E-state index in [0.717, 1.165) is 33.5 Å². The Hall–Kier alpha value is -3.37. The van der Waals surface area contributed by atoms with Gasteiger partial charge in [-0.3, -0.25) is 14.8 Å². The van der Waals surface area contributed by atoms with Crippen molar-refractivity contribution < 1.29 is 9.90 Å². The number of rotatable bonds is 6. The predicted octanol–water partition coefficient (Wildman–Crippen LogP) is 4.59. The van der Waals surface area contributed by atoms with E-state index in [9.17, 15) is 9.90 Å². The van der Waals surface area contributed by atoms with Gasteiger partial charge in [-0.1, -0.05) is 36.4 Å². The number of fused-ring (bicyclic) bond motifs is 2. The molecule has 1 saturated carbocycles. The van der Waals surface area contributed by atoms with Gasteiger partial charge in [-0.25, -0.2) is 0 Å². The molecule has 1 fully saturated rings. The third-order valence-corrected chi connectivity index (χ3v) is 6.81. The monoisotopic (exact) mass is 420 g/mol. The van der Waals surface area contributed by atoms with Crippen molar-refractivity contribution in [2.75, 3.05) is 6.61 Å². The van der Waals surface area contributed by atoms with E-state index in [1.54, 1.807) is 0 Å². The van der Waals surface area contributed by atoms with E-state index < -0.39 is 5.92 Å². The molecule has 6 rings (SSSR count). The van der Waals surface area contributed by atoms with Crippen molar-refractivity contribution in [1.82, 2.24) is 4.98 Å². The van der Waals surface area contributed by atoms with Crippen LogP contribution in [0.15, 0.2) is 71.4 Å². The third-order valence-electron chi connectivity index (χ3n) is 6.81. The summed E-state index contributed by atoms with van der Waals surface area (Å²) in [7, 11) is 0. The smallest absolute Gasteiger partial charge is 0.168 e. The molecule has 3 aliphatic rings. The molecule has 0 amide bonds. The lowest BCUT2D eigenvalue weighted by Gasteiger charge is -2.14. The number of ketones is 1. The minimum atomic E-state index is -0.515. The van der Waals surface area contributed by atoms with Gasteiger partial charge in [-0.2, -0.15) is 0 Å². The first-order valence-electron chi connectivity index (χ1n) is 11.3. The van der Waals surface area contributed by atoms with Gasteiger partial charge in [-0.05, 0) is 59.4 Å². The van der Waals surface area contributed by atoms with E-state index in [-0.39, 0.29) is 12.4 Å². The molecule has 2 aromatic carbocycles. The average molecular weight is 421 g/mol. The van der Waals surface area contributed by atoms with Gasteiger partial charge in [-0.15, -0.1) is 0 Å². The number of Topliss-reactive ketones (excluding diaryl/α,β-unsaturated/α-hetero) is 1. The van der Waals surface area contributed by atoms with E-state index in [4.69, 9.17) is 4.99 Å². The van der Waals surface area contributed by atoms with Crippen LogP contribution in [-0.2, 0) is 17.8 Å². The van der Waals surface area contributed by atoms with Gasteiger partial charge in [0.1, 0.15) is 0 Å². The van der Waals surface area contributed by atoms with Crippen LogP contribution in [0.1, 0.15) is 63.8 Å². The predicted molar refractivity (Wildman–Crippen MR) is 125 cm³/mol. The maximum absolute atomic E-state index is 13.2. The lowest BCUT2D eigenvalue weighted by Crippen LogP contribution is -2.18. The number of aromatic nitrogens is 1. The van der Waals surface area contributed by atoms with Gasteiger partial charge in [0.05, 0.1) is 24.8 Å². The zero-order valence-corrected chi connectivity index (χ0v) is 17.8. The van der Waals surface area contributed by atoms with Crippen LogP contribution in [0.25, 0.3) is 6.08 Å². The standard InChI is InChI=1S/C28H24N2O2/c31-16-25(17-4-2-1-3-5-17)28(32)22-10-20-12-23-15-30-27(24(23)13-21(20)11-22)19-8-9-29-26(14-19)18-6-7-18/h1-5,8-9,11-14,18,25,31H,6-7,10,15-16H2/t25-/m1/s1. The van der Waals surface area contributed by atoms with Crippen LogP contribution in [0.3, 0.4) is 0 Å². The van der Waals surface area contributed by atoms with E-state index in [1.807, 2.05) is 48.7 Å². The summed E-state index contributed by atoms with van der Waals surface area (Å²) in [5.74, 6) is 0.0996. The first kappa shape index (κ1) is 19.3. The fourth-order valence-electron chi connectivity index (χ4n) is 4.90. The zero-order chi connectivity index (χ0) is 21.7. The molecular weight excluding hydrogens is 396 g/mol. The van der Waals surface area contributed by atoms with Crippen LogP contribution < -0.4 is 0 Å². The number of pyridine rings is 1. The number of aliphatic imine (C=N–C) groups is 1. The minimum Gasteiger partial charge on any atom is -0.395 e. The summed E-state index contributed by atoms with van der Waals surface area (Å²) in [6, 6.07) is 18.2. The number of hydrogen-bond acceptors (Lipinski definition) is 4. The number of aliphatic hydroxyl groups excluding tert-OH is 1. The van der Waals surface area contributed by atoms with Gasteiger partial charge in [0, 0.05) is 40.9 Å². The van der Waals surface area contributed by atoms with Crippen LogP contribution in [0.4, 0.5) is 0 Å². The number of nitrogens with zero attached hydrogens (tertiary/aromatic N) is 2. The van der Waals surface area contributed by atoms with Crippen LogP contribution in [0, 0.1) is 0 Å². The molecule has 1 aromatic heterocycles. The van der Waals surface area contributed by atoms with Crippen molar-refractivity contribution in [1.29, 1.82) is 0 Å². The van der Waals surface area contributed by atoms with Crippen molar-refractivity contribution in [3.8, 4) is 0 Å². The molecule has 4 nitrogen and oxygen atoms in total. The maximum atomic E-state index is 13.2. The van der Waals surface area contributed by atoms with Gasteiger partial charge >= 0.3 is 0 Å². The second-order valence-corrected chi connectivity index (χ2v) is 8.97.